The average molecular weight is 213 g/mol. The molecule has 3 nitrogen and oxygen atoms in total. The predicted octanol–water partition coefficient (Wildman–Crippen LogP) is 1.40. The van der Waals surface area contributed by atoms with Crippen LogP contribution in [0.2, 0.25) is 0 Å². The lowest BCUT2D eigenvalue weighted by atomic mass is 10.1. The van der Waals surface area contributed by atoms with E-state index in [9.17, 15) is 4.39 Å². The summed E-state index contributed by atoms with van der Waals surface area (Å²) in [7, 11) is 3.37. The molecule has 15 heavy (non-hydrogen) atoms. The Morgan fingerprint density at radius 3 is 2.80 bits per heavy atom. The van der Waals surface area contributed by atoms with Crippen LogP contribution in [0.5, 0.6) is 0 Å². The van der Waals surface area contributed by atoms with Crippen LogP contribution in [0.1, 0.15) is 5.56 Å². The molecule has 0 atom stereocenters. The summed E-state index contributed by atoms with van der Waals surface area (Å²) >= 11 is 0. The average Bonchev–Trinajstić information content (AvgIpc) is 2.25. The number of benzene rings is 1. The van der Waals surface area contributed by atoms with Crippen molar-refractivity contribution in [3.05, 3.63) is 29.6 Å². The van der Waals surface area contributed by atoms with Gasteiger partial charge in [-0.05, 0) is 6.07 Å². The lowest BCUT2D eigenvalue weighted by molar-refractivity contribution is 0.206. The zero-order valence-corrected chi connectivity index (χ0v) is 9.03. The molecule has 0 heterocycles. The van der Waals surface area contributed by atoms with E-state index in [1.54, 1.807) is 31.2 Å². The summed E-state index contributed by atoms with van der Waals surface area (Å²) < 4.78 is 18.4. The van der Waals surface area contributed by atoms with E-state index in [-0.39, 0.29) is 12.4 Å². The first-order chi connectivity index (χ1) is 7.20. The van der Waals surface area contributed by atoms with Crippen molar-refractivity contribution in [3.63, 3.8) is 0 Å². The van der Waals surface area contributed by atoms with Gasteiger partial charge in [0.05, 0.1) is 18.9 Å². The predicted molar refractivity (Wildman–Crippen MR) is 57.5 cm³/mol. The van der Waals surface area contributed by atoms with E-state index in [4.69, 9.17) is 9.84 Å². The summed E-state index contributed by atoms with van der Waals surface area (Å²) in [6, 6.07) is 4.69. The van der Waals surface area contributed by atoms with E-state index >= 15 is 0 Å². The SMILES string of the molecule is COCCN(C)c1c(F)cccc1CO. The number of nitrogens with zero attached hydrogens (tertiary/aromatic N) is 1. The fourth-order valence-electron chi connectivity index (χ4n) is 1.46. The highest BCUT2D eigenvalue weighted by atomic mass is 19.1. The Bertz CT molecular complexity index is 317. The lowest BCUT2D eigenvalue weighted by Crippen LogP contribution is -2.24. The van der Waals surface area contributed by atoms with Gasteiger partial charge in [0.25, 0.3) is 0 Å². The number of hydrogen-bond donors (Lipinski definition) is 1. The Kier molecular flexibility index (Phi) is 4.52. The summed E-state index contributed by atoms with van der Waals surface area (Å²) in [5, 5.41) is 9.09. The number of aliphatic hydroxyl groups is 1. The van der Waals surface area contributed by atoms with Gasteiger partial charge in [0.15, 0.2) is 0 Å². The van der Waals surface area contributed by atoms with Crippen molar-refractivity contribution in [2.24, 2.45) is 0 Å². The molecule has 0 spiro atoms. The van der Waals surface area contributed by atoms with Gasteiger partial charge >= 0.3 is 0 Å². The number of likely N-dealkylation sites (N-methyl/N-ethyl adjacent to an activating group) is 1. The first kappa shape index (κ1) is 11.9. The van der Waals surface area contributed by atoms with E-state index in [0.29, 0.717) is 24.4 Å². The third-order valence-electron chi connectivity index (χ3n) is 2.25. The van der Waals surface area contributed by atoms with Gasteiger partial charge < -0.3 is 14.7 Å². The molecule has 0 amide bonds. The van der Waals surface area contributed by atoms with Gasteiger partial charge in [0, 0.05) is 26.3 Å². The van der Waals surface area contributed by atoms with Crippen LogP contribution < -0.4 is 4.90 Å². The number of hydrogen-bond acceptors (Lipinski definition) is 3. The third-order valence-corrected chi connectivity index (χ3v) is 2.25. The van der Waals surface area contributed by atoms with E-state index in [0.717, 1.165) is 0 Å². The van der Waals surface area contributed by atoms with Gasteiger partial charge in [-0.3, -0.25) is 0 Å². The molecule has 0 saturated carbocycles. The molecule has 0 fully saturated rings. The van der Waals surface area contributed by atoms with Crippen LogP contribution in [-0.2, 0) is 11.3 Å². The Morgan fingerprint density at radius 2 is 2.20 bits per heavy atom. The van der Waals surface area contributed by atoms with Gasteiger partial charge in [0.1, 0.15) is 5.82 Å². The van der Waals surface area contributed by atoms with E-state index in [1.807, 2.05) is 0 Å². The van der Waals surface area contributed by atoms with Crippen LogP contribution in [-0.4, -0.2) is 32.4 Å². The normalized spacial score (nSPS) is 10.4. The molecular weight excluding hydrogens is 197 g/mol. The molecule has 1 aromatic rings. The number of methoxy groups -OCH3 is 1. The minimum Gasteiger partial charge on any atom is -0.392 e. The molecule has 0 saturated heterocycles. The molecule has 0 aromatic heterocycles. The smallest absolute Gasteiger partial charge is 0.146 e. The molecule has 0 aliphatic rings. The number of halogens is 1. The maximum atomic E-state index is 13.5. The lowest BCUT2D eigenvalue weighted by Gasteiger charge is -2.22. The molecule has 0 unspecified atom stereocenters. The van der Waals surface area contributed by atoms with Gasteiger partial charge in [-0.15, -0.1) is 0 Å². The second-order valence-corrected chi connectivity index (χ2v) is 3.32. The quantitative estimate of drug-likeness (QED) is 0.802. The minimum atomic E-state index is -0.319. The molecule has 84 valence electrons. The van der Waals surface area contributed by atoms with Crippen molar-refractivity contribution < 1.29 is 14.2 Å². The van der Waals surface area contributed by atoms with Crippen LogP contribution >= 0.6 is 0 Å². The number of anilines is 1. The van der Waals surface area contributed by atoms with Crippen molar-refractivity contribution >= 4 is 5.69 Å². The van der Waals surface area contributed by atoms with Crippen LogP contribution in [0.15, 0.2) is 18.2 Å². The zero-order valence-electron chi connectivity index (χ0n) is 9.03. The first-order valence-electron chi connectivity index (χ1n) is 4.79. The monoisotopic (exact) mass is 213 g/mol. The highest BCUT2D eigenvalue weighted by Gasteiger charge is 2.11. The Morgan fingerprint density at radius 1 is 1.47 bits per heavy atom. The number of ether oxygens (including phenoxy) is 1. The largest absolute Gasteiger partial charge is 0.392 e. The summed E-state index contributed by atoms with van der Waals surface area (Å²) in [5.41, 5.74) is 1.03. The summed E-state index contributed by atoms with van der Waals surface area (Å²) in [4.78, 5) is 1.74. The first-order valence-corrected chi connectivity index (χ1v) is 4.79. The molecule has 0 bridgehead atoms. The molecule has 1 N–H and O–H groups in total. The Hall–Kier alpha value is -1.13. The molecule has 1 aromatic carbocycles. The standard InChI is InChI=1S/C11H16FNO2/c1-13(6-7-15-2)11-9(8-14)4-3-5-10(11)12/h3-5,14H,6-8H2,1-2H3. The van der Waals surface area contributed by atoms with Crippen molar-refractivity contribution in [1.29, 1.82) is 0 Å². The molecule has 0 aliphatic heterocycles. The molecule has 0 radical (unpaired) electrons. The second-order valence-electron chi connectivity index (χ2n) is 3.32. The molecule has 4 heteroatoms. The van der Waals surface area contributed by atoms with Crippen molar-refractivity contribution in [1.82, 2.24) is 0 Å². The zero-order chi connectivity index (χ0) is 11.3. The van der Waals surface area contributed by atoms with Crippen LogP contribution in [0.25, 0.3) is 0 Å². The maximum Gasteiger partial charge on any atom is 0.146 e. The van der Waals surface area contributed by atoms with Crippen LogP contribution in [0, 0.1) is 5.82 Å². The van der Waals surface area contributed by atoms with E-state index in [2.05, 4.69) is 0 Å². The third kappa shape index (κ3) is 2.91. The molecular formula is C11H16FNO2. The second kappa shape index (κ2) is 5.68. The fourth-order valence-corrected chi connectivity index (χ4v) is 1.46. The van der Waals surface area contributed by atoms with Gasteiger partial charge in [-0.25, -0.2) is 4.39 Å². The Labute approximate surface area is 89.1 Å². The summed E-state index contributed by atoms with van der Waals surface area (Å²) in [6.45, 7) is 0.949. The topological polar surface area (TPSA) is 32.7 Å². The van der Waals surface area contributed by atoms with Crippen molar-refractivity contribution in [2.75, 3.05) is 32.2 Å². The van der Waals surface area contributed by atoms with Gasteiger partial charge in [-0.2, -0.15) is 0 Å². The Balaban J connectivity index is 2.90. The minimum absolute atomic E-state index is 0.162. The van der Waals surface area contributed by atoms with Crippen LogP contribution in [0.4, 0.5) is 10.1 Å². The number of para-hydroxylation sites is 1. The number of aliphatic hydroxyl groups excluding tert-OH is 1. The number of rotatable bonds is 5. The van der Waals surface area contributed by atoms with Gasteiger partial charge in [0.2, 0.25) is 0 Å². The van der Waals surface area contributed by atoms with E-state index in [1.165, 1.54) is 6.07 Å². The highest BCUT2D eigenvalue weighted by molar-refractivity contribution is 5.54. The van der Waals surface area contributed by atoms with Crippen LogP contribution in [0.3, 0.4) is 0 Å². The summed E-state index contributed by atoms with van der Waals surface area (Å²) in [5.74, 6) is -0.319. The van der Waals surface area contributed by atoms with Crippen molar-refractivity contribution in [3.8, 4) is 0 Å². The molecule has 1 rings (SSSR count). The maximum absolute atomic E-state index is 13.5. The summed E-state index contributed by atoms with van der Waals surface area (Å²) in [6.07, 6.45) is 0. The molecule has 0 aliphatic carbocycles. The van der Waals surface area contributed by atoms with Crippen molar-refractivity contribution in [2.45, 2.75) is 6.61 Å². The van der Waals surface area contributed by atoms with Gasteiger partial charge in [-0.1, -0.05) is 12.1 Å². The highest BCUT2D eigenvalue weighted by Crippen LogP contribution is 2.23. The fraction of sp³-hybridized carbons (Fsp3) is 0.455. The van der Waals surface area contributed by atoms with E-state index < -0.39 is 0 Å².